The summed E-state index contributed by atoms with van der Waals surface area (Å²) in [4.78, 5) is 18.4. The molecule has 2 heterocycles. The number of halogens is 1. The Balaban J connectivity index is 1.99. The monoisotopic (exact) mass is 330 g/mol. The number of aromatic carboxylic acids is 1. The van der Waals surface area contributed by atoms with Crippen LogP contribution in [0.5, 0.6) is 0 Å². The molecule has 5 heteroatoms. The quantitative estimate of drug-likeness (QED) is 0.921. The Labute approximate surface area is 140 Å². The molecular formula is C18H19ClN2O2. The first-order valence-electron chi connectivity index (χ1n) is 7.73. The average molecular weight is 331 g/mol. The van der Waals surface area contributed by atoms with Crippen molar-refractivity contribution in [2.45, 2.75) is 26.3 Å². The zero-order chi connectivity index (χ0) is 16.6. The number of benzene rings is 1. The average Bonchev–Trinajstić information content (AvgIpc) is 2.54. The van der Waals surface area contributed by atoms with Gasteiger partial charge in [0.15, 0.2) is 0 Å². The molecule has 1 aromatic carbocycles. The van der Waals surface area contributed by atoms with Gasteiger partial charge in [-0.2, -0.15) is 0 Å². The summed E-state index contributed by atoms with van der Waals surface area (Å²) >= 11 is 6.01. The topological polar surface area (TPSA) is 53.4 Å². The summed E-state index contributed by atoms with van der Waals surface area (Å²) in [6.45, 7) is 6.34. The molecule has 23 heavy (non-hydrogen) atoms. The normalized spacial score (nSPS) is 15.9. The zero-order valence-electron chi connectivity index (χ0n) is 13.2. The summed E-state index contributed by atoms with van der Waals surface area (Å²) < 4.78 is 0. The lowest BCUT2D eigenvalue weighted by atomic mass is 10.0. The molecule has 0 bridgehead atoms. The van der Waals surface area contributed by atoms with Gasteiger partial charge in [-0.15, -0.1) is 0 Å². The van der Waals surface area contributed by atoms with Crippen molar-refractivity contribution in [3.63, 3.8) is 0 Å². The van der Waals surface area contributed by atoms with Crippen molar-refractivity contribution in [1.82, 2.24) is 9.88 Å². The van der Waals surface area contributed by atoms with E-state index in [1.165, 1.54) is 5.57 Å². The van der Waals surface area contributed by atoms with Crippen LogP contribution in [-0.2, 0) is 0 Å². The van der Waals surface area contributed by atoms with Crippen molar-refractivity contribution < 1.29 is 9.90 Å². The maximum atomic E-state index is 11.4. The molecule has 4 nitrogen and oxygen atoms in total. The third-order valence-electron chi connectivity index (χ3n) is 4.33. The van der Waals surface area contributed by atoms with Crippen molar-refractivity contribution in [2.75, 3.05) is 13.1 Å². The van der Waals surface area contributed by atoms with E-state index >= 15 is 0 Å². The van der Waals surface area contributed by atoms with Crippen molar-refractivity contribution in [2.24, 2.45) is 0 Å². The van der Waals surface area contributed by atoms with Gasteiger partial charge >= 0.3 is 5.97 Å². The Bertz CT molecular complexity index is 799. The maximum Gasteiger partial charge on any atom is 0.337 e. The molecule has 0 spiro atoms. The Kier molecular flexibility index (Phi) is 4.37. The lowest BCUT2D eigenvalue weighted by molar-refractivity contribution is 0.0699. The number of pyridine rings is 1. The van der Waals surface area contributed by atoms with Gasteiger partial charge in [0.25, 0.3) is 0 Å². The summed E-state index contributed by atoms with van der Waals surface area (Å²) in [5, 5.41) is 10.2. The molecule has 0 saturated carbocycles. The summed E-state index contributed by atoms with van der Waals surface area (Å²) in [5.74, 6) is -1.03. The summed E-state index contributed by atoms with van der Waals surface area (Å²) in [6, 6.07) is 7.61. The van der Waals surface area contributed by atoms with E-state index in [1.807, 2.05) is 12.1 Å². The minimum Gasteiger partial charge on any atom is -0.478 e. The Hall–Kier alpha value is -1.91. The van der Waals surface area contributed by atoms with Crippen LogP contribution in [0.25, 0.3) is 16.5 Å². The number of rotatable bonds is 3. The molecule has 0 aliphatic carbocycles. The van der Waals surface area contributed by atoms with Crippen LogP contribution in [0.15, 0.2) is 30.3 Å². The smallest absolute Gasteiger partial charge is 0.337 e. The van der Waals surface area contributed by atoms with Gasteiger partial charge in [-0.05, 0) is 50.1 Å². The first-order chi connectivity index (χ1) is 11.0. The Morgan fingerprint density at radius 2 is 2.09 bits per heavy atom. The lowest BCUT2D eigenvalue weighted by Gasteiger charge is -2.29. The highest BCUT2D eigenvalue weighted by Crippen LogP contribution is 2.28. The number of carboxylic acid groups (broad SMARTS) is 1. The molecule has 0 amide bonds. The van der Waals surface area contributed by atoms with E-state index < -0.39 is 5.97 Å². The van der Waals surface area contributed by atoms with Crippen LogP contribution >= 0.6 is 11.6 Å². The number of aromatic nitrogens is 1. The van der Waals surface area contributed by atoms with Crippen LogP contribution in [-0.4, -0.2) is 40.1 Å². The highest BCUT2D eigenvalue weighted by molar-refractivity contribution is 6.35. The second kappa shape index (κ2) is 6.30. The molecular weight excluding hydrogens is 312 g/mol. The van der Waals surface area contributed by atoms with E-state index in [4.69, 9.17) is 11.6 Å². The predicted molar refractivity (Wildman–Crippen MR) is 93.0 cm³/mol. The number of carbonyl (C=O) groups is 1. The Morgan fingerprint density at radius 1 is 1.30 bits per heavy atom. The molecule has 0 radical (unpaired) electrons. The molecule has 1 aliphatic rings. The van der Waals surface area contributed by atoms with Crippen LogP contribution in [0.4, 0.5) is 0 Å². The molecule has 0 atom stereocenters. The van der Waals surface area contributed by atoms with Gasteiger partial charge in [0.05, 0.1) is 21.8 Å². The highest BCUT2D eigenvalue weighted by atomic mass is 35.5. The summed E-state index contributed by atoms with van der Waals surface area (Å²) in [5.41, 5.74) is 2.92. The van der Waals surface area contributed by atoms with Gasteiger partial charge < -0.3 is 5.11 Å². The highest BCUT2D eigenvalue weighted by Gasteiger charge is 2.18. The second-order valence-electron chi connectivity index (χ2n) is 6.06. The van der Waals surface area contributed by atoms with Gasteiger partial charge in [-0.1, -0.05) is 17.7 Å². The molecule has 1 aliphatic heterocycles. The maximum absolute atomic E-state index is 11.4. The van der Waals surface area contributed by atoms with Crippen LogP contribution in [0.2, 0.25) is 5.02 Å². The lowest BCUT2D eigenvalue weighted by Crippen LogP contribution is -2.34. The first-order valence-corrected chi connectivity index (χ1v) is 8.11. The zero-order valence-corrected chi connectivity index (χ0v) is 14.0. The van der Waals surface area contributed by atoms with E-state index in [-0.39, 0.29) is 10.6 Å². The largest absolute Gasteiger partial charge is 0.478 e. The van der Waals surface area contributed by atoms with E-state index in [9.17, 15) is 9.90 Å². The molecule has 2 aromatic rings. The fourth-order valence-corrected chi connectivity index (χ4v) is 3.21. The number of fused-ring (bicyclic) bond motifs is 1. The van der Waals surface area contributed by atoms with Crippen molar-refractivity contribution in [1.29, 1.82) is 0 Å². The van der Waals surface area contributed by atoms with Gasteiger partial charge in [0, 0.05) is 24.5 Å². The molecule has 120 valence electrons. The molecule has 3 rings (SSSR count). The van der Waals surface area contributed by atoms with Crippen molar-refractivity contribution in [3.05, 3.63) is 46.6 Å². The number of hydrogen-bond donors (Lipinski definition) is 1. The third kappa shape index (κ3) is 3.09. The molecule has 0 saturated heterocycles. The van der Waals surface area contributed by atoms with Crippen LogP contribution < -0.4 is 0 Å². The summed E-state index contributed by atoms with van der Waals surface area (Å²) in [7, 11) is 0. The molecule has 0 unspecified atom stereocenters. The standard InChI is InChI=1S/C18H19ClN2O2/c1-11(2)21-9-7-12(8-10-21)15-5-3-13-16(20-15)6-4-14(19)17(13)18(22)23/h3-7,11H,8-10H2,1-2H3,(H,22,23). The second-order valence-corrected chi connectivity index (χ2v) is 6.47. The van der Waals surface area contributed by atoms with E-state index in [0.717, 1.165) is 25.2 Å². The van der Waals surface area contributed by atoms with Crippen LogP contribution in [0, 0.1) is 0 Å². The third-order valence-corrected chi connectivity index (χ3v) is 4.65. The predicted octanol–water partition coefficient (Wildman–Crippen LogP) is 4.08. The van der Waals surface area contributed by atoms with E-state index in [0.29, 0.717) is 16.9 Å². The SMILES string of the molecule is CC(C)N1CC=C(c2ccc3c(C(=O)O)c(Cl)ccc3n2)CC1. The summed E-state index contributed by atoms with van der Waals surface area (Å²) in [6.07, 6.45) is 3.17. The van der Waals surface area contributed by atoms with Gasteiger partial charge in [-0.3, -0.25) is 4.90 Å². The van der Waals surface area contributed by atoms with E-state index in [1.54, 1.807) is 12.1 Å². The molecule has 1 N–H and O–H groups in total. The van der Waals surface area contributed by atoms with Gasteiger partial charge in [-0.25, -0.2) is 9.78 Å². The first kappa shape index (κ1) is 16.0. The molecule has 0 fully saturated rings. The van der Waals surface area contributed by atoms with Crippen LogP contribution in [0.3, 0.4) is 0 Å². The van der Waals surface area contributed by atoms with Crippen molar-refractivity contribution in [3.8, 4) is 0 Å². The van der Waals surface area contributed by atoms with E-state index in [2.05, 4.69) is 29.8 Å². The number of hydrogen-bond acceptors (Lipinski definition) is 3. The number of carboxylic acids is 1. The minimum absolute atomic E-state index is 0.117. The molecule has 1 aromatic heterocycles. The van der Waals surface area contributed by atoms with Gasteiger partial charge in [0.1, 0.15) is 0 Å². The fourth-order valence-electron chi connectivity index (χ4n) is 2.96. The number of nitrogens with zero attached hydrogens (tertiary/aromatic N) is 2. The Morgan fingerprint density at radius 3 is 2.70 bits per heavy atom. The minimum atomic E-state index is -1.03. The van der Waals surface area contributed by atoms with Gasteiger partial charge in [0.2, 0.25) is 0 Å². The van der Waals surface area contributed by atoms with Crippen LogP contribution in [0.1, 0.15) is 36.3 Å². The van der Waals surface area contributed by atoms with Crippen molar-refractivity contribution >= 4 is 34.0 Å². The fraction of sp³-hybridized carbons (Fsp3) is 0.333.